The van der Waals surface area contributed by atoms with Crippen LogP contribution in [0.25, 0.3) is 0 Å². The predicted molar refractivity (Wildman–Crippen MR) is 75.7 cm³/mol. The van der Waals surface area contributed by atoms with Gasteiger partial charge in [-0.3, -0.25) is 0 Å². The van der Waals surface area contributed by atoms with E-state index in [1.54, 1.807) is 12.1 Å². The Bertz CT molecular complexity index is 419. The molecule has 2 atom stereocenters. The van der Waals surface area contributed by atoms with Gasteiger partial charge in [0, 0.05) is 12.6 Å². The summed E-state index contributed by atoms with van der Waals surface area (Å²) in [5.74, 6) is -1.49. The van der Waals surface area contributed by atoms with Crippen molar-refractivity contribution >= 4 is 0 Å². The van der Waals surface area contributed by atoms with Crippen molar-refractivity contribution < 1.29 is 13.5 Å². The fourth-order valence-electron chi connectivity index (χ4n) is 2.81. The lowest BCUT2D eigenvalue weighted by Gasteiger charge is -2.27. The number of likely N-dealkylation sites (N-methyl/N-ethyl adjacent to an activating group) is 1. The van der Waals surface area contributed by atoms with Gasteiger partial charge in [-0.25, -0.2) is 8.78 Å². The maximum atomic E-state index is 13.7. The van der Waals surface area contributed by atoms with Gasteiger partial charge >= 0.3 is 0 Å². The highest BCUT2D eigenvalue weighted by molar-refractivity contribution is 5.20. The monoisotopic (exact) mass is 283 g/mol. The number of benzene rings is 1. The van der Waals surface area contributed by atoms with E-state index in [0.29, 0.717) is 12.0 Å². The molecule has 0 aliphatic carbocycles. The van der Waals surface area contributed by atoms with Gasteiger partial charge in [0.2, 0.25) is 0 Å². The molecule has 112 valence electrons. The van der Waals surface area contributed by atoms with Crippen LogP contribution in [0.15, 0.2) is 18.2 Å². The third kappa shape index (κ3) is 4.25. The quantitative estimate of drug-likeness (QED) is 0.863. The molecule has 2 unspecified atom stereocenters. The van der Waals surface area contributed by atoms with Gasteiger partial charge in [0.15, 0.2) is 11.6 Å². The van der Waals surface area contributed by atoms with E-state index < -0.39 is 11.6 Å². The summed E-state index contributed by atoms with van der Waals surface area (Å²) in [4.78, 5) is 0. The maximum Gasteiger partial charge on any atom is 0.162 e. The second kappa shape index (κ2) is 7.70. The first kappa shape index (κ1) is 15.4. The van der Waals surface area contributed by atoms with Crippen LogP contribution in [0, 0.1) is 11.6 Å². The second-order valence-electron chi connectivity index (χ2n) is 5.40. The summed E-state index contributed by atoms with van der Waals surface area (Å²) in [5, 5.41) is 3.36. The maximum absolute atomic E-state index is 13.7. The molecule has 1 aromatic rings. The zero-order valence-electron chi connectivity index (χ0n) is 12.0. The van der Waals surface area contributed by atoms with Crippen molar-refractivity contribution in [2.75, 3.05) is 13.2 Å². The highest BCUT2D eigenvalue weighted by Gasteiger charge is 2.20. The zero-order chi connectivity index (χ0) is 14.4. The minimum absolute atomic E-state index is 0.124. The molecule has 2 rings (SSSR count). The number of rotatable bonds is 6. The van der Waals surface area contributed by atoms with E-state index in [9.17, 15) is 8.78 Å². The van der Waals surface area contributed by atoms with Gasteiger partial charge in [0.05, 0.1) is 6.10 Å². The molecule has 20 heavy (non-hydrogen) atoms. The second-order valence-corrected chi connectivity index (χ2v) is 5.40. The molecule has 1 heterocycles. The van der Waals surface area contributed by atoms with Crippen LogP contribution in [0.2, 0.25) is 0 Å². The first-order valence-electron chi connectivity index (χ1n) is 7.48. The minimum Gasteiger partial charge on any atom is -0.378 e. The average Bonchev–Trinajstić information content (AvgIpc) is 2.45. The van der Waals surface area contributed by atoms with Crippen LogP contribution in [0.3, 0.4) is 0 Å². The molecule has 0 aromatic heterocycles. The van der Waals surface area contributed by atoms with Crippen LogP contribution in [0.4, 0.5) is 8.78 Å². The van der Waals surface area contributed by atoms with Crippen LogP contribution in [0.5, 0.6) is 0 Å². The smallest absolute Gasteiger partial charge is 0.162 e. The lowest BCUT2D eigenvalue weighted by molar-refractivity contribution is 0.00530. The van der Waals surface area contributed by atoms with Gasteiger partial charge < -0.3 is 10.1 Å². The van der Waals surface area contributed by atoms with E-state index in [1.165, 1.54) is 6.42 Å². The van der Waals surface area contributed by atoms with Gasteiger partial charge in [0.1, 0.15) is 0 Å². The Morgan fingerprint density at radius 1 is 1.35 bits per heavy atom. The number of hydrogen-bond donors (Lipinski definition) is 1. The third-order valence-electron chi connectivity index (χ3n) is 3.81. The SMILES string of the molecule is CCNC(Cc1cccc(F)c1F)CC1CCCCO1. The predicted octanol–water partition coefficient (Wildman–Crippen LogP) is 3.44. The Morgan fingerprint density at radius 3 is 2.90 bits per heavy atom. The number of ether oxygens (including phenoxy) is 1. The molecular formula is C16H23F2NO. The number of halogens is 2. The van der Waals surface area contributed by atoms with E-state index in [2.05, 4.69) is 5.32 Å². The normalized spacial score (nSPS) is 20.9. The molecular weight excluding hydrogens is 260 g/mol. The lowest BCUT2D eigenvalue weighted by Crippen LogP contribution is -2.36. The van der Waals surface area contributed by atoms with Crippen molar-refractivity contribution in [2.24, 2.45) is 0 Å². The number of nitrogens with one attached hydrogen (secondary N) is 1. The molecule has 4 heteroatoms. The van der Waals surface area contributed by atoms with Crippen molar-refractivity contribution in [1.29, 1.82) is 0 Å². The van der Waals surface area contributed by atoms with Crippen molar-refractivity contribution in [3.8, 4) is 0 Å². The molecule has 0 bridgehead atoms. The van der Waals surface area contributed by atoms with Gasteiger partial charge in [-0.1, -0.05) is 19.1 Å². The summed E-state index contributed by atoms with van der Waals surface area (Å²) in [7, 11) is 0. The van der Waals surface area contributed by atoms with Crippen molar-refractivity contribution in [1.82, 2.24) is 5.32 Å². The standard InChI is InChI=1S/C16H23F2NO/c1-2-19-13(11-14-7-3-4-9-20-14)10-12-6-5-8-15(17)16(12)18/h5-6,8,13-14,19H,2-4,7,9-11H2,1H3. The highest BCUT2D eigenvalue weighted by atomic mass is 19.2. The Kier molecular flexibility index (Phi) is 5.92. The van der Waals surface area contributed by atoms with Crippen molar-refractivity contribution in [3.05, 3.63) is 35.4 Å². The fraction of sp³-hybridized carbons (Fsp3) is 0.625. The minimum atomic E-state index is -0.772. The summed E-state index contributed by atoms with van der Waals surface area (Å²) < 4.78 is 32.7. The molecule has 0 amide bonds. The van der Waals surface area contributed by atoms with Crippen LogP contribution < -0.4 is 5.32 Å². The van der Waals surface area contributed by atoms with E-state index in [0.717, 1.165) is 38.5 Å². The van der Waals surface area contributed by atoms with Crippen LogP contribution in [-0.4, -0.2) is 25.3 Å². The van der Waals surface area contributed by atoms with Crippen LogP contribution in [-0.2, 0) is 11.2 Å². The van der Waals surface area contributed by atoms with Crippen molar-refractivity contribution in [3.63, 3.8) is 0 Å². The van der Waals surface area contributed by atoms with Gasteiger partial charge in [-0.05, 0) is 50.3 Å². The third-order valence-corrected chi connectivity index (χ3v) is 3.81. The summed E-state index contributed by atoms with van der Waals surface area (Å²) >= 11 is 0. The fourth-order valence-corrected chi connectivity index (χ4v) is 2.81. The molecule has 1 aromatic carbocycles. The molecule has 0 spiro atoms. The molecule has 2 nitrogen and oxygen atoms in total. The number of hydrogen-bond acceptors (Lipinski definition) is 2. The Balaban J connectivity index is 1.98. The Labute approximate surface area is 119 Å². The highest BCUT2D eigenvalue weighted by Crippen LogP contribution is 2.20. The Morgan fingerprint density at radius 2 is 2.20 bits per heavy atom. The van der Waals surface area contributed by atoms with E-state index in [4.69, 9.17) is 4.74 Å². The molecule has 1 aliphatic rings. The van der Waals surface area contributed by atoms with E-state index in [1.807, 2.05) is 6.92 Å². The molecule has 1 saturated heterocycles. The zero-order valence-corrected chi connectivity index (χ0v) is 12.0. The molecule has 1 aliphatic heterocycles. The van der Waals surface area contributed by atoms with Crippen LogP contribution >= 0.6 is 0 Å². The van der Waals surface area contributed by atoms with Gasteiger partial charge in [-0.15, -0.1) is 0 Å². The molecule has 0 radical (unpaired) electrons. The van der Waals surface area contributed by atoms with Crippen molar-refractivity contribution in [2.45, 2.75) is 51.2 Å². The van der Waals surface area contributed by atoms with E-state index >= 15 is 0 Å². The average molecular weight is 283 g/mol. The Hall–Kier alpha value is -1.00. The van der Waals surface area contributed by atoms with Gasteiger partial charge in [-0.2, -0.15) is 0 Å². The summed E-state index contributed by atoms with van der Waals surface area (Å²) in [5.41, 5.74) is 0.437. The van der Waals surface area contributed by atoms with E-state index in [-0.39, 0.29) is 12.1 Å². The molecule has 0 saturated carbocycles. The topological polar surface area (TPSA) is 21.3 Å². The lowest BCUT2D eigenvalue weighted by atomic mass is 9.96. The summed E-state index contributed by atoms with van der Waals surface area (Å²) in [6.45, 7) is 3.66. The molecule has 1 N–H and O–H groups in total. The van der Waals surface area contributed by atoms with Crippen LogP contribution in [0.1, 0.15) is 38.2 Å². The summed E-state index contributed by atoms with van der Waals surface area (Å²) in [6.07, 6.45) is 4.97. The summed E-state index contributed by atoms with van der Waals surface area (Å²) in [6, 6.07) is 4.50. The first-order valence-corrected chi connectivity index (χ1v) is 7.48. The first-order chi connectivity index (χ1) is 9.70. The molecule has 1 fully saturated rings. The largest absolute Gasteiger partial charge is 0.378 e. The van der Waals surface area contributed by atoms with Gasteiger partial charge in [0.25, 0.3) is 0 Å².